The van der Waals surface area contributed by atoms with Gasteiger partial charge in [0.1, 0.15) is 0 Å². The molecule has 0 heterocycles. The van der Waals surface area contributed by atoms with Crippen LogP contribution in [0.1, 0.15) is 122 Å². The van der Waals surface area contributed by atoms with Crippen molar-refractivity contribution in [1.29, 1.82) is 0 Å². The summed E-state index contributed by atoms with van der Waals surface area (Å²) >= 11 is 5.14. The zero-order valence-corrected chi connectivity index (χ0v) is 16.7. The number of hydrogen-bond acceptors (Lipinski definition) is 2. The van der Waals surface area contributed by atoms with Gasteiger partial charge in [0, 0.05) is 18.2 Å². The van der Waals surface area contributed by atoms with E-state index in [0.717, 1.165) is 12.8 Å². The number of amides is 1. The Kier molecular flexibility index (Phi) is 18.8. The van der Waals surface area contributed by atoms with Crippen LogP contribution in [0.15, 0.2) is 0 Å². The Bertz CT molecular complexity index is 272. The normalized spacial score (nSPS) is 11.0. The van der Waals surface area contributed by atoms with Crippen LogP contribution in [0.3, 0.4) is 0 Å². The first-order valence-corrected chi connectivity index (χ1v) is 10.7. The first-order chi connectivity index (χ1) is 11.7. The number of hydroxylamine groups is 1. The van der Waals surface area contributed by atoms with Gasteiger partial charge in [-0.25, -0.2) is 0 Å². The fraction of sp³-hybridized carbons (Fsp3) is 0.950. The van der Waals surface area contributed by atoms with Gasteiger partial charge in [0.2, 0.25) is 0 Å². The molecule has 0 fully saturated rings. The summed E-state index contributed by atoms with van der Waals surface area (Å²) in [6.07, 6.45) is 22.8. The van der Waals surface area contributed by atoms with Crippen LogP contribution in [0.25, 0.3) is 0 Å². The van der Waals surface area contributed by atoms with Gasteiger partial charge >= 0.3 is 0 Å². The van der Waals surface area contributed by atoms with E-state index in [-0.39, 0.29) is 4.58 Å². The molecule has 0 saturated heterocycles. The summed E-state index contributed by atoms with van der Waals surface area (Å²) in [5.41, 5.74) is 0. The topological polar surface area (TPSA) is 40.5 Å². The Morgan fingerprint density at radius 2 is 0.958 bits per heavy atom. The van der Waals surface area contributed by atoms with Crippen LogP contribution in [0.4, 0.5) is 0 Å². The van der Waals surface area contributed by atoms with Gasteiger partial charge in [0.05, 0.1) is 0 Å². The molecule has 0 saturated carbocycles. The highest BCUT2D eigenvalue weighted by Gasteiger charge is 2.06. The van der Waals surface area contributed by atoms with E-state index in [1.165, 1.54) is 96.3 Å². The van der Waals surface area contributed by atoms with Crippen molar-refractivity contribution < 1.29 is 10.0 Å². The third-order valence-electron chi connectivity index (χ3n) is 4.70. The molecule has 0 aromatic rings. The molecule has 0 atom stereocenters. The highest BCUT2D eigenvalue weighted by atomic mass is 35.5. The van der Waals surface area contributed by atoms with Crippen LogP contribution in [0.5, 0.6) is 0 Å². The molecular weight excluding hydrogens is 322 g/mol. The van der Waals surface area contributed by atoms with Crippen LogP contribution >= 0.6 is 11.8 Å². The van der Waals surface area contributed by atoms with E-state index in [4.69, 9.17) is 17.0 Å². The Morgan fingerprint density at radius 3 is 1.25 bits per heavy atom. The zero-order chi connectivity index (χ0) is 17.9. The van der Waals surface area contributed by atoms with Gasteiger partial charge in [0.15, 0.2) is 0 Å². The Labute approximate surface area is 155 Å². The van der Waals surface area contributed by atoms with Crippen LogP contribution in [-0.2, 0) is 4.79 Å². The summed E-state index contributed by atoms with van der Waals surface area (Å²) < 4.78 is 0.173. The van der Waals surface area contributed by atoms with Crippen LogP contribution in [-0.4, -0.2) is 15.7 Å². The Balaban J connectivity index is 3.04. The molecule has 0 aliphatic rings. The van der Waals surface area contributed by atoms with Crippen LogP contribution < -0.4 is 0 Å². The average Bonchev–Trinajstić information content (AvgIpc) is 2.57. The van der Waals surface area contributed by atoms with E-state index >= 15 is 0 Å². The molecule has 24 heavy (non-hydrogen) atoms. The quantitative estimate of drug-likeness (QED) is 0.119. The van der Waals surface area contributed by atoms with Crippen molar-refractivity contribution in [2.45, 2.75) is 122 Å². The molecule has 0 aliphatic heterocycles. The van der Waals surface area contributed by atoms with Crippen LogP contribution in [0, 0.1) is 0 Å². The summed E-state index contributed by atoms with van der Waals surface area (Å²) in [4.78, 5) is 11.0. The van der Waals surface area contributed by atoms with E-state index in [1.54, 1.807) is 0 Å². The molecule has 0 unspecified atom stereocenters. The van der Waals surface area contributed by atoms with Gasteiger partial charge in [-0.15, -0.1) is 4.58 Å². The number of unbranched alkanes of at least 4 members (excludes halogenated alkanes) is 16. The second kappa shape index (κ2) is 19.1. The largest absolute Gasteiger partial charge is 0.271 e. The highest BCUT2D eigenvalue weighted by Crippen LogP contribution is 2.14. The van der Waals surface area contributed by atoms with Gasteiger partial charge in [0.25, 0.3) is 5.91 Å². The summed E-state index contributed by atoms with van der Waals surface area (Å²) in [6.45, 7) is 2.27. The second-order valence-corrected chi connectivity index (χ2v) is 7.38. The lowest BCUT2D eigenvalue weighted by atomic mass is 10.0. The van der Waals surface area contributed by atoms with Gasteiger partial charge in [-0.2, -0.15) is 0 Å². The predicted molar refractivity (Wildman–Crippen MR) is 103 cm³/mol. The van der Waals surface area contributed by atoms with E-state index < -0.39 is 5.91 Å². The zero-order valence-electron chi connectivity index (χ0n) is 15.9. The van der Waals surface area contributed by atoms with Gasteiger partial charge < -0.3 is 0 Å². The lowest BCUT2D eigenvalue weighted by molar-refractivity contribution is -0.146. The fourth-order valence-corrected chi connectivity index (χ4v) is 3.18. The van der Waals surface area contributed by atoms with E-state index in [2.05, 4.69) is 6.92 Å². The molecule has 0 rings (SSSR count). The van der Waals surface area contributed by atoms with Gasteiger partial charge in [-0.1, -0.05) is 110 Å². The smallest absolute Gasteiger partial charge is 0.261 e. The van der Waals surface area contributed by atoms with Crippen molar-refractivity contribution in [2.75, 3.05) is 0 Å². The van der Waals surface area contributed by atoms with Crippen molar-refractivity contribution in [3.63, 3.8) is 0 Å². The van der Waals surface area contributed by atoms with Gasteiger partial charge in [-0.05, 0) is 6.42 Å². The van der Waals surface area contributed by atoms with E-state index in [0.29, 0.717) is 6.42 Å². The number of carbonyl (C=O) groups is 1. The van der Waals surface area contributed by atoms with Crippen molar-refractivity contribution in [2.24, 2.45) is 0 Å². The maximum absolute atomic E-state index is 11.0. The standard InChI is InChI=1S/C20H40ClNO2/c1-2-3-4-5-6-7-8-9-10-11-12-13-14-15-16-17-18-19-20(23)22(21)24/h24H,2-19H2,1H3. The molecule has 0 spiro atoms. The fourth-order valence-electron chi connectivity index (χ4n) is 3.09. The summed E-state index contributed by atoms with van der Waals surface area (Å²) in [5.74, 6) is -0.405. The van der Waals surface area contributed by atoms with Crippen molar-refractivity contribution in [3.05, 3.63) is 0 Å². The molecule has 144 valence electrons. The van der Waals surface area contributed by atoms with Crippen molar-refractivity contribution in [1.82, 2.24) is 4.58 Å². The molecule has 0 aromatic carbocycles. The number of hydrogen-bond donors (Lipinski definition) is 1. The lowest BCUT2D eigenvalue weighted by Gasteiger charge is -2.05. The number of carbonyl (C=O) groups excluding carboxylic acids is 1. The Morgan fingerprint density at radius 1 is 0.667 bits per heavy atom. The maximum Gasteiger partial charge on any atom is 0.261 e. The molecule has 0 radical (unpaired) electrons. The monoisotopic (exact) mass is 361 g/mol. The summed E-state index contributed by atoms with van der Waals surface area (Å²) in [7, 11) is 0. The minimum Gasteiger partial charge on any atom is -0.271 e. The summed E-state index contributed by atoms with van der Waals surface area (Å²) in [5, 5.41) is 8.71. The first-order valence-electron chi connectivity index (χ1n) is 10.4. The highest BCUT2D eigenvalue weighted by molar-refractivity contribution is 6.19. The first kappa shape index (κ1) is 23.7. The molecule has 0 aliphatic carbocycles. The van der Waals surface area contributed by atoms with Crippen LogP contribution in [0.2, 0.25) is 0 Å². The molecule has 3 nitrogen and oxygen atoms in total. The van der Waals surface area contributed by atoms with E-state index in [9.17, 15) is 4.79 Å². The molecule has 1 N–H and O–H groups in total. The van der Waals surface area contributed by atoms with Crippen molar-refractivity contribution in [3.8, 4) is 0 Å². The van der Waals surface area contributed by atoms with Gasteiger partial charge in [-0.3, -0.25) is 10.0 Å². The number of nitrogens with zero attached hydrogens (tertiary/aromatic N) is 1. The average molecular weight is 362 g/mol. The molecule has 1 amide bonds. The Hall–Kier alpha value is -0.280. The van der Waals surface area contributed by atoms with Crippen molar-refractivity contribution >= 4 is 17.7 Å². The second-order valence-electron chi connectivity index (χ2n) is 7.06. The minimum atomic E-state index is -0.405. The molecule has 4 heteroatoms. The number of halogens is 1. The predicted octanol–water partition coefficient (Wildman–Crippen LogP) is 7.40. The lowest BCUT2D eigenvalue weighted by Crippen LogP contribution is -2.16. The van der Waals surface area contributed by atoms with E-state index in [1.807, 2.05) is 0 Å². The minimum absolute atomic E-state index is 0.173. The summed E-state index contributed by atoms with van der Waals surface area (Å²) in [6, 6.07) is 0. The molecule has 0 aromatic heterocycles. The maximum atomic E-state index is 11.0. The number of rotatable bonds is 18. The SMILES string of the molecule is CCCCCCCCCCCCCCCCCCCC(=O)N(O)Cl. The third-order valence-corrected chi connectivity index (χ3v) is 4.89. The third kappa shape index (κ3) is 18.1. The molecular formula is C20H40ClNO2. The molecule has 0 bridgehead atoms.